The minimum Gasteiger partial charge on any atom is -0.503 e. The van der Waals surface area contributed by atoms with E-state index in [9.17, 15) is 14.7 Å². The first-order chi connectivity index (χ1) is 14.2. The molecular weight excluding hydrogens is 388 g/mol. The summed E-state index contributed by atoms with van der Waals surface area (Å²) in [6.07, 6.45) is 0.804. The SMILES string of the molecule is O=C(C1=C(O)C(=O)N(CCC[NH+]2CCOCC2)[C@H]1c1ccccc1)c1cccs1. The number of carbonyl (C=O) groups excluding carboxylic acids is 2. The molecular formula is C22H25N2O4S+. The predicted octanol–water partition coefficient (Wildman–Crippen LogP) is 1.63. The van der Waals surface area contributed by atoms with Gasteiger partial charge in [0.2, 0.25) is 5.78 Å². The highest BCUT2D eigenvalue weighted by Gasteiger charge is 2.43. The molecule has 7 heteroatoms. The van der Waals surface area contributed by atoms with E-state index in [4.69, 9.17) is 4.74 Å². The number of nitrogens with zero attached hydrogens (tertiary/aromatic N) is 1. The zero-order valence-corrected chi connectivity index (χ0v) is 17.0. The van der Waals surface area contributed by atoms with E-state index in [0.717, 1.165) is 44.8 Å². The zero-order chi connectivity index (χ0) is 20.2. The van der Waals surface area contributed by atoms with Crippen LogP contribution in [0, 0.1) is 0 Å². The summed E-state index contributed by atoms with van der Waals surface area (Å²) in [6, 6.07) is 12.4. The molecule has 1 aromatic carbocycles. The number of Topliss-reactive ketones (excluding diaryl/α,β-unsaturated/α-hetero) is 1. The van der Waals surface area contributed by atoms with Crippen LogP contribution in [-0.2, 0) is 9.53 Å². The second-order valence-electron chi connectivity index (χ2n) is 7.35. The summed E-state index contributed by atoms with van der Waals surface area (Å²) in [5.74, 6) is -1.16. The van der Waals surface area contributed by atoms with Gasteiger partial charge in [0, 0.05) is 13.0 Å². The molecule has 0 unspecified atom stereocenters. The van der Waals surface area contributed by atoms with Crippen LogP contribution in [0.4, 0.5) is 0 Å². The van der Waals surface area contributed by atoms with Gasteiger partial charge in [-0.1, -0.05) is 36.4 Å². The summed E-state index contributed by atoms with van der Waals surface area (Å²) in [7, 11) is 0. The Morgan fingerprint density at radius 1 is 1.17 bits per heavy atom. The number of morpholine rings is 1. The van der Waals surface area contributed by atoms with Crippen LogP contribution in [0.15, 0.2) is 59.2 Å². The Labute approximate surface area is 174 Å². The lowest BCUT2D eigenvalue weighted by atomic mass is 9.95. The first-order valence-corrected chi connectivity index (χ1v) is 10.8. The average Bonchev–Trinajstić information content (AvgIpc) is 3.38. The van der Waals surface area contributed by atoms with Crippen LogP contribution < -0.4 is 4.90 Å². The molecule has 0 spiro atoms. The van der Waals surface area contributed by atoms with Gasteiger partial charge in [0.25, 0.3) is 5.91 Å². The van der Waals surface area contributed by atoms with E-state index in [-0.39, 0.29) is 11.4 Å². The van der Waals surface area contributed by atoms with E-state index < -0.39 is 17.7 Å². The van der Waals surface area contributed by atoms with E-state index >= 15 is 0 Å². The Balaban J connectivity index is 1.57. The third-order valence-corrected chi connectivity index (χ3v) is 6.41. The summed E-state index contributed by atoms with van der Waals surface area (Å²) < 4.78 is 5.40. The predicted molar refractivity (Wildman–Crippen MR) is 110 cm³/mol. The third-order valence-electron chi connectivity index (χ3n) is 5.54. The van der Waals surface area contributed by atoms with Crippen molar-refractivity contribution < 1.29 is 24.3 Å². The number of ketones is 1. The second kappa shape index (κ2) is 8.90. The number of benzene rings is 1. The number of carbonyl (C=O) groups is 2. The van der Waals surface area contributed by atoms with Gasteiger partial charge in [0.15, 0.2) is 5.76 Å². The lowest BCUT2D eigenvalue weighted by molar-refractivity contribution is -0.908. The fourth-order valence-electron chi connectivity index (χ4n) is 4.05. The molecule has 152 valence electrons. The van der Waals surface area contributed by atoms with Crippen molar-refractivity contribution in [2.24, 2.45) is 0 Å². The fraction of sp³-hybridized carbons (Fsp3) is 0.364. The Kier molecular flexibility index (Phi) is 6.08. The minimum atomic E-state index is -0.557. The van der Waals surface area contributed by atoms with E-state index in [1.165, 1.54) is 16.2 Å². The molecule has 6 nitrogen and oxygen atoms in total. The van der Waals surface area contributed by atoms with Crippen LogP contribution in [0.25, 0.3) is 0 Å². The van der Waals surface area contributed by atoms with Gasteiger partial charge in [-0.15, -0.1) is 11.3 Å². The molecule has 0 saturated carbocycles. The van der Waals surface area contributed by atoms with Crippen molar-refractivity contribution in [3.8, 4) is 0 Å². The number of nitrogens with one attached hydrogen (secondary N) is 1. The highest BCUT2D eigenvalue weighted by atomic mass is 32.1. The van der Waals surface area contributed by atoms with Gasteiger partial charge in [-0.25, -0.2) is 0 Å². The molecule has 2 aliphatic heterocycles. The molecule has 0 radical (unpaired) electrons. The van der Waals surface area contributed by atoms with E-state index in [0.29, 0.717) is 11.4 Å². The molecule has 0 aliphatic carbocycles. The monoisotopic (exact) mass is 413 g/mol. The Morgan fingerprint density at radius 3 is 2.62 bits per heavy atom. The summed E-state index contributed by atoms with van der Waals surface area (Å²) in [4.78, 5) is 29.6. The maximum atomic E-state index is 13.1. The molecule has 1 amide bonds. The molecule has 0 bridgehead atoms. The number of rotatable bonds is 7. The average molecular weight is 414 g/mol. The molecule has 2 N–H and O–H groups in total. The van der Waals surface area contributed by atoms with Crippen molar-refractivity contribution in [3.63, 3.8) is 0 Å². The summed E-state index contributed by atoms with van der Waals surface area (Å²) in [5, 5.41) is 12.4. The molecule has 1 fully saturated rings. The first-order valence-electron chi connectivity index (χ1n) is 9.95. The smallest absolute Gasteiger partial charge is 0.290 e. The van der Waals surface area contributed by atoms with Crippen molar-refractivity contribution in [2.45, 2.75) is 12.5 Å². The van der Waals surface area contributed by atoms with Crippen molar-refractivity contribution in [2.75, 3.05) is 39.4 Å². The molecule has 1 saturated heterocycles. The molecule has 3 heterocycles. The third kappa shape index (κ3) is 4.12. The number of aliphatic hydroxyl groups excluding tert-OH is 1. The topological polar surface area (TPSA) is 71.3 Å². The quantitative estimate of drug-likeness (QED) is 0.677. The van der Waals surface area contributed by atoms with Gasteiger partial charge < -0.3 is 19.6 Å². The van der Waals surface area contributed by atoms with E-state index in [2.05, 4.69) is 0 Å². The second-order valence-corrected chi connectivity index (χ2v) is 8.29. The van der Waals surface area contributed by atoms with Crippen LogP contribution in [0.2, 0.25) is 0 Å². The van der Waals surface area contributed by atoms with Crippen LogP contribution in [0.3, 0.4) is 0 Å². The summed E-state index contributed by atoms with van der Waals surface area (Å²) in [6.45, 7) is 4.92. The Bertz CT molecular complexity index is 889. The number of thiophene rings is 1. The lowest BCUT2D eigenvalue weighted by Gasteiger charge is -2.28. The van der Waals surface area contributed by atoms with Crippen molar-refractivity contribution in [1.29, 1.82) is 0 Å². The maximum absolute atomic E-state index is 13.1. The molecule has 2 aromatic rings. The van der Waals surface area contributed by atoms with Crippen LogP contribution in [-0.4, -0.2) is 61.1 Å². The first kappa shape index (κ1) is 19.8. The number of ether oxygens (including phenoxy) is 1. The number of hydrogen-bond donors (Lipinski definition) is 2. The molecule has 1 atom stereocenters. The number of aliphatic hydroxyl groups is 1. The standard InChI is InChI=1S/C22H24N2O4S/c25-20(17-8-4-15-29-17)18-19(16-6-2-1-3-7-16)24(22(27)21(18)26)10-5-9-23-11-13-28-14-12-23/h1-4,6-8,15,19,26H,5,9-14H2/p+1/t19-/m0/s1. The van der Waals surface area contributed by atoms with Crippen molar-refractivity contribution in [3.05, 3.63) is 69.6 Å². The highest BCUT2D eigenvalue weighted by Crippen LogP contribution is 2.39. The van der Waals surface area contributed by atoms with Gasteiger partial charge >= 0.3 is 0 Å². The number of quaternary nitrogens is 1. The summed E-state index contributed by atoms with van der Waals surface area (Å²) >= 11 is 1.32. The Morgan fingerprint density at radius 2 is 1.93 bits per heavy atom. The van der Waals surface area contributed by atoms with Gasteiger partial charge in [0.05, 0.1) is 36.3 Å². The lowest BCUT2D eigenvalue weighted by Crippen LogP contribution is -3.14. The summed E-state index contributed by atoms with van der Waals surface area (Å²) in [5.41, 5.74) is 1.02. The fourth-order valence-corrected chi connectivity index (χ4v) is 4.73. The van der Waals surface area contributed by atoms with Gasteiger partial charge in [-0.05, 0) is 17.0 Å². The molecule has 1 aromatic heterocycles. The van der Waals surface area contributed by atoms with E-state index in [1.54, 1.807) is 17.0 Å². The molecule has 4 rings (SSSR count). The molecule has 29 heavy (non-hydrogen) atoms. The van der Waals surface area contributed by atoms with Crippen LogP contribution in [0.5, 0.6) is 0 Å². The Hall–Kier alpha value is -2.48. The van der Waals surface area contributed by atoms with Gasteiger partial charge in [-0.2, -0.15) is 0 Å². The number of amides is 1. The normalized spacial score (nSPS) is 20.5. The minimum absolute atomic E-state index is 0.183. The van der Waals surface area contributed by atoms with Crippen LogP contribution in [0.1, 0.15) is 27.7 Å². The molecule has 2 aliphatic rings. The van der Waals surface area contributed by atoms with Crippen molar-refractivity contribution in [1.82, 2.24) is 4.90 Å². The zero-order valence-electron chi connectivity index (χ0n) is 16.2. The van der Waals surface area contributed by atoms with Crippen LogP contribution >= 0.6 is 11.3 Å². The maximum Gasteiger partial charge on any atom is 0.290 e. The number of hydrogen-bond acceptors (Lipinski definition) is 5. The van der Waals surface area contributed by atoms with E-state index in [1.807, 2.05) is 35.7 Å². The van der Waals surface area contributed by atoms with Crippen molar-refractivity contribution >= 4 is 23.0 Å². The van der Waals surface area contributed by atoms with Gasteiger partial charge in [0.1, 0.15) is 13.1 Å². The van der Waals surface area contributed by atoms with Gasteiger partial charge in [-0.3, -0.25) is 9.59 Å². The largest absolute Gasteiger partial charge is 0.503 e. The highest BCUT2D eigenvalue weighted by molar-refractivity contribution is 7.12.